The number of nitrogens with one attached hydrogen (secondary N) is 2. The predicted molar refractivity (Wildman–Crippen MR) is 92.6 cm³/mol. The lowest BCUT2D eigenvalue weighted by Gasteiger charge is -2.44. The Hall–Kier alpha value is -2.53. The second kappa shape index (κ2) is 6.99. The summed E-state index contributed by atoms with van der Waals surface area (Å²) in [6.07, 6.45) is -3.72. The Kier molecular flexibility index (Phi) is 5.22. The molecule has 0 aromatic carbocycles. The summed E-state index contributed by atoms with van der Waals surface area (Å²) in [5, 5.41) is 34.6. The van der Waals surface area contributed by atoms with Gasteiger partial charge < -0.3 is 26.0 Å². The molecule has 3 rings (SSSR count). The standard InChI is InChI=1S/C10H17N7O12S2/c11-6-13-5-3(2-28-8(18)15-30(22,23)24)17(21)7(12)16-1-4(29-31(25,26)27)10(19,20)9(5,16)14-6/h3-5,12,19-21H,1-2H2,(H6,11,13,14,15,18,22,23,24,25,26,27)/p+1/t3-,4-,5-,9-/m0/s1. The topological polar surface area (TPSA) is 300 Å². The fourth-order valence-electron chi connectivity index (χ4n) is 3.73. The van der Waals surface area contributed by atoms with Crippen molar-refractivity contribution in [3.05, 3.63) is 0 Å². The number of aliphatic hydroxyl groups is 2. The molecule has 176 valence electrons. The fraction of sp³-hybridized carbons (Fsp3) is 0.700. The third kappa shape index (κ3) is 3.80. The van der Waals surface area contributed by atoms with E-state index in [0.29, 0.717) is 0 Å². The van der Waals surface area contributed by atoms with E-state index < -0.39 is 81.5 Å². The van der Waals surface area contributed by atoms with E-state index in [0.717, 1.165) is 9.30 Å². The Morgan fingerprint density at radius 3 is 2.48 bits per heavy atom. The van der Waals surface area contributed by atoms with Crippen molar-refractivity contribution in [1.29, 1.82) is 0 Å². The first kappa shape index (κ1) is 23.1. The number of carbonyl (C=O) groups excluding carboxylic acids is 1. The van der Waals surface area contributed by atoms with Gasteiger partial charge in [0.1, 0.15) is 13.2 Å². The van der Waals surface area contributed by atoms with Crippen molar-refractivity contribution >= 4 is 38.7 Å². The molecule has 0 aromatic heterocycles. The van der Waals surface area contributed by atoms with Crippen molar-refractivity contribution in [3.8, 4) is 0 Å². The highest BCUT2D eigenvalue weighted by Gasteiger charge is 2.77. The lowest BCUT2D eigenvalue weighted by Crippen LogP contribution is -2.78. The maximum absolute atomic E-state index is 11.5. The van der Waals surface area contributed by atoms with Crippen LogP contribution in [-0.2, 0) is 29.6 Å². The zero-order valence-corrected chi connectivity index (χ0v) is 16.7. The molecule has 0 aliphatic carbocycles. The molecular weight excluding hydrogens is 474 g/mol. The van der Waals surface area contributed by atoms with Gasteiger partial charge in [-0.25, -0.2) is 23.8 Å². The van der Waals surface area contributed by atoms with Gasteiger partial charge >= 0.3 is 32.8 Å². The van der Waals surface area contributed by atoms with Crippen LogP contribution in [-0.4, -0.2) is 112 Å². The van der Waals surface area contributed by atoms with E-state index in [-0.39, 0.29) is 5.06 Å². The Balaban J connectivity index is 1.99. The number of guanidine groups is 2. The molecule has 0 radical (unpaired) electrons. The number of nitrogens with two attached hydrogens (primary N) is 2. The number of nitrogens with zero attached hydrogens (tertiary/aromatic N) is 3. The third-order valence-corrected chi connectivity index (χ3v) is 5.73. The van der Waals surface area contributed by atoms with Gasteiger partial charge in [0, 0.05) is 0 Å². The summed E-state index contributed by atoms with van der Waals surface area (Å²) in [5.74, 6) is -4.24. The predicted octanol–water partition coefficient (Wildman–Crippen LogP) is -6.22. The molecule has 21 heteroatoms. The first-order chi connectivity index (χ1) is 14.0. The maximum atomic E-state index is 11.5. The maximum Gasteiger partial charge on any atom is 0.422 e. The molecule has 0 unspecified atom stereocenters. The Labute approximate surface area is 173 Å². The van der Waals surface area contributed by atoms with Gasteiger partial charge in [-0.05, 0) is 0 Å². The molecule has 3 aliphatic rings. The largest absolute Gasteiger partial charge is 0.445 e. The number of carbonyl (C=O) groups is 1. The van der Waals surface area contributed by atoms with Crippen molar-refractivity contribution in [2.24, 2.45) is 16.5 Å². The minimum Gasteiger partial charge on any atom is -0.445 e. The molecule has 0 bridgehead atoms. The second-order valence-corrected chi connectivity index (χ2v) is 8.85. The molecular formula is C10H18N7O12S2+. The second-order valence-electron chi connectivity index (χ2n) is 6.65. The van der Waals surface area contributed by atoms with Gasteiger partial charge in [0.05, 0.1) is 0 Å². The van der Waals surface area contributed by atoms with Crippen molar-refractivity contribution in [2.45, 2.75) is 29.6 Å². The molecule has 1 fully saturated rings. The number of hydrogen-bond acceptors (Lipinski definition) is 15. The monoisotopic (exact) mass is 492 g/mol. The molecule has 0 aromatic rings. The Bertz CT molecular complexity index is 1070. The molecule has 0 saturated carbocycles. The van der Waals surface area contributed by atoms with Crippen molar-refractivity contribution in [2.75, 3.05) is 13.2 Å². The van der Waals surface area contributed by atoms with Crippen molar-refractivity contribution in [1.82, 2.24) is 15.1 Å². The summed E-state index contributed by atoms with van der Waals surface area (Å²) in [6.45, 7) is -1.60. The van der Waals surface area contributed by atoms with E-state index >= 15 is 0 Å². The lowest BCUT2D eigenvalue weighted by molar-refractivity contribution is -0.632. The molecule has 1 spiro atoms. The number of amides is 1. The van der Waals surface area contributed by atoms with Crippen LogP contribution in [0.5, 0.6) is 0 Å². The van der Waals surface area contributed by atoms with Crippen molar-refractivity contribution in [3.63, 3.8) is 0 Å². The van der Waals surface area contributed by atoms with Gasteiger partial charge in [0.25, 0.3) is 5.79 Å². The fourth-order valence-corrected chi connectivity index (χ4v) is 4.49. The van der Waals surface area contributed by atoms with Gasteiger partial charge in [-0.1, -0.05) is 0 Å². The van der Waals surface area contributed by atoms with Crippen LogP contribution in [0, 0.1) is 0 Å². The van der Waals surface area contributed by atoms with E-state index in [9.17, 15) is 37.1 Å². The van der Waals surface area contributed by atoms with Crippen LogP contribution < -0.4 is 21.5 Å². The lowest BCUT2D eigenvalue weighted by atomic mass is 9.86. The van der Waals surface area contributed by atoms with Crippen LogP contribution in [0.15, 0.2) is 4.99 Å². The number of rotatable bonds is 5. The smallest absolute Gasteiger partial charge is 0.422 e. The van der Waals surface area contributed by atoms with Crippen LogP contribution in [0.2, 0.25) is 0 Å². The number of hydroxylamine groups is 2. The van der Waals surface area contributed by atoms with Crippen LogP contribution in [0.4, 0.5) is 4.79 Å². The first-order valence-electron chi connectivity index (χ1n) is 8.01. The van der Waals surface area contributed by atoms with E-state index in [1.54, 1.807) is 0 Å². The zero-order valence-electron chi connectivity index (χ0n) is 15.1. The van der Waals surface area contributed by atoms with E-state index in [4.69, 9.17) is 20.6 Å². The van der Waals surface area contributed by atoms with Gasteiger partial charge in [0.15, 0.2) is 24.1 Å². The quantitative estimate of drug-likeness (QED) is 0.0978. The van der Waals surface area contributed by atoms with Gasteiger partial charge in [-0.3, -0.25) is 14.8 Å². The first-order valence-corrected chi connectivity index (χ1v) is 10.8. The molecule has 1 amide bonds. The third-order valence-electron chi connectivity index (χ3n) is 4.83. The minimum absolute atomic E-state index is 0.277. The highest BCUT2D eigenvalue weighted by molar-refractivity contribution is 7.84. The van der Waals surface area contributed by atoms with Crippen LogP contribution >= 0.6 is 0 Å². The summed E-state index contributed by atoms with van der Waals surface area (Å²) in [5.41, 5.74) is 9.17. The SMILES string of the molecule is NC1=N[C@H]2[C@H](COC(=O)NS(=O)(=O)O)N(O)C(N)=[N+]3C[C@H](OS(=O)(=O)O)C(O)(O)[C@]23N1. The summed E-state index contributed by atoms with van der Waals surface area (Å²) < 4.78 is 72.0. The Morgan fingerprint density at radius 1 is 1.32 bits per heavy atom. The summed E-state index contributed by atoms with van der Waals surface area (Å²) in [6, 6.07) is -3.09. The Morgan fingerprint density at radius 2 is 1.94 bits per heavy atom. The number of hydrogen-bond donors (Lipinski definition) is 9. The molecule has 3 aliphatic heterocycles. The van der Waals surface area contributed by atoms with E-state index in [1.165, 1.54) is 0 Å². The molecule has 1 saturated heterocycles. The average molecular weight is 492 g/mol. The summed E-state index contributed by atoms with van der Waals surface area (Å²) in [4.78, 5) is 15.4. The summed E-state index contributed by atoms with van der Waals surface area (Å²) in [7, 11) is -10.1. The normalized spacial score (nSPS) is 32.1. The van der Waals surface area contributed by atoms with Crippen LogP contribution in [0.1, 0.15) is 0 Å². The van der Waals surface area contributed by atoms with Gasteiger partial charge in [-0.2, -0.15) is 21.6 Å². The van der Waals surface area contributed by atoms with Gasteiger partial charge in [-0.15, -0.1) is 5.06 Å². The molecule has 31 heavy (non-hydrogen) atoms. The van der Waals surface area contributed by atoms with Crippen LogP contribution in [0.25, 0.3) is 0 Å². The van der Waals surface area contributed by atoms with Crippen molar-refractivity contribution < 1.29 is 59.7 Å². The van der Waals surface area contributed by atoms with E-state index in [1.807, 2.05) is 0 Å². The van der Waals surface area contributed by atoms with Crippen LogP contribution in [0.3, 0.4) is 0 Å². The van der Waals surface area contributed by atoms with E-state index in [2.05, 4.69) is 19.2 Å². The molecule has 11 N–H and O–H groups in total. The highest BCUT2D eigenvalue weighted by Crippen LogP contribution is 2.44. The molecule has 3 heterocycles. The number of ether oxygens (including phenoxy) is 1. The average Bonchev–Trinajstić information content (AvgIpc) is 3.02. The summed E-state index contributed by atoms with van der Waals surface area (Å²) >= 11 is 0. The zero-order chi connectivity index (χ0) is 23.6. The molecule has 4 atom stereocenters. The molecule has 19 nitrogen and oxygen atoms in total. The minimum atomic E-state index is -5.18. The highest BCUT2D eigenvalue weighted by atomic mass is 32.3. The van der Waals surface area contributed by atoms with Gasteiger partial charge in [0.2, 0.25) is 5.66 Å². The number of aliphatic imine (C=N–C) groups is 1.